The van der Waals surface area contributed by atoms with Gasteiger partial charge in [0.1, 0.15) is 24.6 Å². The minimum Gasteiger partial charge on any atom is -0.451 e. The first-order valence-corrected chi connectivity index (χ1v) is 10.9. The molecule has 2 aliphatic heterocycles. The Morgan fingerprint density at radius 3 is 2.61 bits per heavy atom. The first-order chi connectivity index (χ1) is 16.1. The zero-order valence-corrected chi connectivity index (χ0v) is 17.9. The minimum atomic E-state index is -0.767. The van der Waals surface area contributed by atoms with Crippen LogP contribution in [-0.4, -0.2) is 46.3 Å². The Morgan fingerprint density at radius 2 is 1.82 bits per heavy atom. The van der Waals surface area contributed by atoms with Crippen LogP contribution in [0.15, 0.2) is 71.7 Å². The number of nitrogens with zero attached hydrogens (tertiary/aromatic N) is 3. The molecule has 33 heavy (non-hydrogen) atoms. The van der Waals surface area contributed by atoms with E-state index >= 15 is 0 Å². The highest BCUT2D eigenvalue weighted by atomic mass is 16.6. The van der Waals surface area contributed by atoms with Crippen molar-refractivity contribution >= 4 is 23.5 Å². The summed E-state index contributed by atoms with van der Waals surface area (Å²) in [6.07, 6.45) is 3.54. The number of anilines is 1. The van der Waals surface area contributed by atoms with E-state index in [0.29, 0.717) is 31.5 Å². The summed E-state index contributed by atoms with van der Waals surface area (Å²) in [7, 11) is 0. The fourth-order valence-electron chi connectivity index (χ4n) is 4.60. The smallest absolute Gasteiger partial charge is 0.415 e. The lowest BCUT2D eigenvalue weighted by molar-refractivity contribution is -0.132. The summed E-state index contributed by atoms with van der Waals surface area (Å²) in [6, 6.07) is 15.4. The largest absolute Gasteiger partial charge is 0.451 e. The zero-order valence-electron chi connectivity index (χ0n) is 17.9. The lowest BCUT2D eigenvalue weighted by Crippen LogP contribution is -2.52. The highest BCUT2D eigenvalue weighted by Crippen LogP contribution is 2.35. The molecule has 3 aromatic rings. The van der Waals surface area contributed by atoms with Crippen LogP contribution < -0.4 is 4.90 Å². The van der Waals surface area contributed by atoms with Gasteiger partial charge in [0.25, 0.3) is 0 Å². The van der Waals surface area contributed by atoms with Gasteiger partial charge in [-0.15, -0.1) is 0 Å². The summed E-state index contributed by atoms with van der Waals surface area (Å²) in [4.78, 5) is 46.7. The van der Waals surface area contributed by atoms with Crippen molar-refractivity contribution in [2.75, 3.05) is 11.4 Å². The average Bonchev–Trinajstić information content (AvgIpc) is 3.61. The number of ketones is 1. The molecule has 0 N–H and O–H groups in total. The predicted octanol–water partition coefficient (Wildman–Crippen LogP) is 3.62. The average molecular weight is 445 g/mol. The van der Waals surface area contributed by atoms with Crippen molar-refractivity contribution in [1.82, 2.24) is 9.88 Å². The maximum absolute atomic E-state index is 13.7. The highest BCUT2D eigenvalue weighted by molar-refractivity contribution is 6.04. The summed E-state index contributed by atoms with van der Waals surface area (Å²) < 4.78 is 10.5. The van der Waals surface area contributed by atoms with E-state index in [-0.39, 0.29) is 24.0 Å². The van der Waals surface area contributed by atoms with Gasteiger partial charge < -0.3 is 14.1 Å². The van der Waals surface area contributed by atoms with Gasteiger partial charge in [-0.2, -0.15) is 0 Å². The number of hydrogen-bond donors (Lipinski definition) is 0. The number of fused-ring (bicyclic) bond motifs is 1. The highest BCUT2D eigenvalue weighted by Gasteiger charge is 2.45. The van der Waals surface area contributed by atoms with E-state index in [1.165, 1.54) is 17.6 Å². The molecule has 2 amide bonds. The molecule has 2 aliphatic rings. The molecule has 8 heteroatoms. The number of Topliss-reactive ketones (excluding diaryl/α,β-unsaturated/α-hetero) is 1. The van der Waals surface area contributed by atoms with Gasteiger partial charge >= 0.3 is 6.09 Å². The number of para-hydroxylation sites is 1. The predicted molar refractivity (Wildman–Crippen MR) is 119 cm³/mol. The Hall–Kier alpha value is -3.94. The second-order valence-electron chi connectivity index (χ2n) is 8.19. The van der Waals surface area contributed by atoms with E-state index in [0.717, 1.165) is 11.1 Å². The van der Waals surface area contributed by atoms with Crippen LogP contribution in [0.1, 0.15) is 34.5 Å². The number of carbonyl (C=O) groups excluding carboxylic acids is 3. The van der Waals surface area contributed by atoms with Crippen LogP contribution in [0.2, 0.25) is 0 Å². The van der Waals surface area contributed by atoms with Crippen LogP contribution in [0, 0.1) is 0 Å². The van der Waals surface area contributed by atoms with Crippen LogP contribution in [0.4, 0.5) is 10.5 Å². The Bertz CT molecular complexity index is 1160. The molecule has 5 rings (SSSR count). The van der Waals surface area contributed by atoms with Gasteiger partial charge in [0.2, 0.25) is 11.7 Å². The number of ether oxygens (including phenoxy) is 1. The van der Waals surface area contributed by atoms with Crippen molar-refractivity contribution in [2.45, 2.75) is 38.0 Å². The molecule has 2 atom stereocenters. The first-order valence-electron chi connectivity index (χ1n) is 10.9. The monoisotopic (exact) mass is 445 g/mol. The van der Waals surface area contributed by atoms with Gasteiger partial charge in [0.15, 0.2) is 6.39 Å². The summed E-state index contributed by atoms with van der Waals surface area (Å²) in [5.74, 6) is -0.509. The fourth-order valence-corrected chi connectivity index (χ4v) is 4.60. The maximum Gasteiger partial charge on any atom is 0.415 e. The molecule has 0 radical (unpaired) electrons. The van der Waals surface area contributed by atoms with E-state index in [1.54, 1.807) is 4.90 Å². The molecule has 0 saturated carbocycles. The second-order valence-corrected chi connectivity index (χ2v) is 8.19. The van der Waals surface area contributed by atoms with Gasteiger partial charge in [-0.1, -0.05) is 48.5 Å². The number of likely N-dealkylation sites (tertiary alicyclic amines) is 1. The quantitative estimate of drug-likeness (QED) is 0.557. The standard InChI is InChI=1S/C25H23N3O5/c29-23(19-15-32-16-26-19)21-11-6-12-27(21)24(30)22-13-18-9-4-5-10-20(18)28(22)25(31)33-14-17-7-2-1-3-8-17/h1-5,7-10,15-16,21-22H,6,11-14H2/t21-,22-/m0/s1. The molecule has 0 spiro atoms. The van der Waals surface area contributed by atoms with Crippen molar-refractivity contribution < 1.29 is 23.5 Å². The van der Waals surface area contributed by atoms with Crippen LogP contribution in [0.5, 0.6) is 0 Å². The molecule has 1 saturated heterocycles. The molecule has 0 aliphatic carbocycles. The first kappa shape index (κ1) is 20.9. The van der Waals surface area contributed by atoms with Gasteiger partial charge in [0, 0.05) is 13.0 Å². The fraction of sp³-hybridized carbons (Fsp3) is 0.280. The molecule has 8 nitrogen and oxygen atoms in total. The van der Waals surface area contributed by atoms with E-state index in [1.807, 2.05) is 54.6 Å². The number of rotatable bonds is 5. The SMILES string of the molecule is O=C(c1cocn1)[C@@H]1CCCN1C(=O)[C@@H]1Cc2ccccc2N1C(=O)OCc1ccccc1. The van der Waals surface area contributed by atoms with E-state index < -0.39 is 18.2 Å². The third-order valence-corrected chi connectivity index (χ3v) is 6.19. The Labute approximate surface area is 190 Å². The molecule has 3 heterocycles. The molecule has 1 aromatic heterocycles. The Morgan fingerprint density at radius 1 is 1.03 bits per heavy atom. The van der Waals surface area contributed by atoms with E-state index in [4.69, 9.17) is 9.15 Å². The summed E-state index contributed by atoms with van der Waals surface area (Å²) in [6.45, 7) is 0.559. The number of oxazole rings is 1. The molecule has 0 unspecified atom stereocenters. The number of hydrogen-bond acceptors (Lipinski definition) is 6. The maximum atomic E-state index is 13.7. The lowest BCUT2D eigenvalue weighted by Gasteiger charge is -2.30. The summed E-state index contributed by atoms with van der Waals surface area (Å²) in [5.41, 5.74) is 2.62. The van der Waals surface area contributed by atoms with Crippen molar-refractivity contribution in [3.63, 3.8) is 0 Å². The van der Waals surface area contributed by atoms with Gasteiger partial charge in [-0.3, -0.25) is 14.5 Å². The third kappa shape index (κ3) is 4.00. The minimum absolute atomic E-state index is 0.107. The van der Waals surface area contributed by atoms with Crippen LogP contribution in [-0.2, 0) is 22.6 Å². The molecule has 2 aromatic carbocycles. The molecular weight excluding hydrogens is 422 g/mol. The zero-order chi connectivity index (χ0) is 22.8. The van der Waals surface area contributed by atoms with Crippen molar-refractivity contribution in [3.05, 3.63) is 84.1 Å². The number of benzene rings is 2. The van der Waals surface area contributed by atoms with Gasteiger partial charge in [-0.05, 0) is 30.0 Å². The van der Waals surface area contributed by atoms with Gasteiger partial charge in [0.05, 0.1) is 11.7 Å². The van der Waals surface area contributed by atoms with Crippen molar-refractivity contribution in [2.24, 2.45) is 0 Å². The topological polar surface area (TPSA) is 93.0 Å². The Kier molecular flexibility index (Phi) is 5.64. The number of carbonyl (C=O) groups is 3. The molecule has 1 fully saturated rings. The van der Waals surface area contributed by atoms with Crippen LogP contribution >= 0.6 is 0 Å². The summed E-state index contributed by atoms with van der Waals surface area (Å²) >= 11 is 0. The third-order valence-electron chi connectivity index (χ3n) is 6.19. The van der Waals surface area contributed by atoms with E-state index in [9.17, 15) is 14.4 Å². The molecule has 0 bridgehead atoms. The number of amides is 2. The van der Waals surface area contributed by atoms with Crippen LogP contribution in [0.3, 0.4) is 0 Å². The lowest BCUT2D eigenvalue weighted by atomic mass is 10.1. The van der Waals surface area contributed by atoms with Crippen molar-refractivity contribution in [3.8, 4) is 0 Å². The van der Waals surface area contributed by atoms with Crippen molar-refractivity contribution in [1.29, 1.82) is 0 Å². The Balaban J connectivity index is 1.38. The van der Waals surface area contributed by atoms with E-state index in [2.05, 4.69) is 4.98 Å². The number of aromatic nitrogens is 1. The van der Waals surface area contributed by atoms with Crippen LogP contribution in [0.25, 0.3) is 0 Å². The summed E-state index contributed by atoms with van der Waals surface area (Å²) in [5, 5.41) is 0. The molecule has 168 valence electrons. The molecular formula is C25H23N3O5. The normalized spacial score (nSPS) is 19.4. The van der Waals surface area contributed by atoms with Gasteiger partial charge in [-0.25, -0.2) is 9.78 Å². The second kappa shape index (κ2) is 8.90.